The van der Waals surface area contributed by atoms with E-state index in [9.17, 15) is 0 Å². The van der Waals surface area contributed by atoms with Crippen LogP contribution in [0.25, 0.3) is 0 Å². The van der Waals surface area contributed by atoms with Crippen LogP contribution < -0.4 is 14.8 Å². The molecule has 1 aromatic carbocycles. The monoisotopic (exact) mass is 249 g/mol. The molecule has 2 rings (SSSR count). The van der Waals surface area contributed by atoms with Crippen LogP contribution in [0.15, 0.2) is 18.2 Å². The highest BCUT2D eigenvalue weighted by molar-refractivity contribution is 5.47. The number of nitrogens with one attached hydrogen (secondary N) is 1. The van der Waals surface area contributed by atoms with E-state index < -0.39 is 0 Å². The van der Waals surface area contributed by atoms with Crippen molar-refractivity contribution in [3.63, 3.8) is 0 Å². The van der Waals surface area contributed by atoms with Gasteiger partial charge in [-0.1, -0.05) is 18.6 Å². The van der Waals surface area contributed by atoms with Gasteiger partial charge in [-0.15, -0.1) is 0 Å². The molecule has 1 aliphatic rings. The SMILES string of the molecule is CCOc1c(CC2CCCCN2)cccc1OC. The van der Waals surface area contributed by atoms with Crippen LogP contribution in [-0.2, 0) is 6.42 Å². The molecule has 1 aliphatic heterocycles. The lowest BCUT2D eigenvalue weighted by atomic mass is 9.97. The molecule has 1 heterocycles. The Hall–Kier alpha value is -1.22. The summed E-state index contributed by atoms with van der Waals surface area (Å²) in [5.74, 6) is 1.75. The molecular weight excluding hydrogens is 226 g/mol. The highest BCUT2D eigenvalue weighted by Gasteiger charge is 2.17. The zero-order chi connectivity index (χ0) is 12.8. The van der Waals surface area contributed by atoms with Crippen LogP contribution in [0.1, 0.15) is 31.7 Å². The second-order valence-corrected chi connectivity index (χ2v) is 4.73. The molecule has 1 aromatic rings. The first-order chi connectivity index (χ1) is 8.85. The summed E-state index contributed by atoms with van der Waals surface area (Å²) in [5, 5.41) is 3.58. The number of ether oxygens (including phenoxy) is 2. The highest BCUT2D eigenvalue weighted by atomic mass is 16.5. The van der Waals surface area contributed by atoms with Crippen LogP contribution in [-0.4, -0.2) is 26.3 Å². The summed E-state index contributed by atoms with van der Waals surface area (Å²) in [4.78, 5) is 0. The summed E-state index contributed by atoms with van der Waals surface area (Å²) >= 11 is 0. The maximum Gasteiger partial charge on any atom is 0.164 e. The van der Waals surface area contributed by atoms with E-state index in [-0.39, 0.29) is 0 Å². The average molecular weight is 249 g/mol. The topological polar surface area (TPSA) is 30.5 Å². The number of hydrogen-bond acceptors (Lipinski definition) is 3. The Balaban J connectivity index is 2.14. The van der Waals surface area contributed by atoms with Crippen LogP contribution >= 0.6 is 0 Å². The Bertz CT molecular complexity index is 373. The first-order valence-electron chi connectivity index (χ1n) is 6.87. The van der Waals surface area contributed by atoms with Gasteiger partial charge in [0.1, 0.15) is 0 Å². The van der Waals surface area contributed by atoms with E-state index in [2.05, 4.69) is 11.4 Å². The number of para-hydroxylation sites is 1. The second-order valence-electron chi connectivity index (χ2n) is 4.73. The van der Waals surface area contributed by atoms with Gasteiger partial charge in [0.25, 0.3) is 0 Å². The summed E-state index contributed by atoms with van der Waals surface area (Å²) in [6, 6.07) is 6.72. The highest BCUT2D eigenvalue weighted by Crippen LogP contribution is 2.32. The van der Waals surface area contributed by atoms with Crippen molar-refractivity contribution in [1.82, 2.24) is 5.32 Å². The maximum atomic E-state index is 5.75. The normalized spacial score (nSPS) is 19.6. The zero-order valence-corrected chi connectivity index (χ0v) is 11.4. The Morgan fingerprint density at radius 2 is 2.22 bits per heavy atom. The molecule has 0 saturated carbocycles. The molecule has 1 fully saturated rings. The molecule has 0 radical (unpaired) electrons. The van der Waals surface area contributed by atoms with E-state index >= 15 is 0 Å². The maximum absolute atomic E-state index is 5.75. The molecule has 3 heteroatoms. The van der Waals surface area contributed by atoms with Gasteiger partial charge < -0.3 is 14.8 Å². The standard InChI is InChI=1S/C15H23NO2/c1-3-18-15-12(7-6-9-14(15)17-2)11-13-8-4-5-10-16-13/h6-7,9,13,16H,3-5,8,10-11H2,1-2H3. The van der Waals surface area contributed by atoms with Gasteiger partial charge in [-0.05, 0) is 44.4 Å². The van der Waals surface area contributed by atoms with Gasteiger partial charge in [0, 0.05) is 6.04 Å². The van der Waals surface area contributed by atoms with Gasteiger partial charge in [-0.25, -0.2) is 0 Å². The quantitative estimate of drug-likeness (QED) is 0.870. The van der Waals surface area contributed by atoms with Crippen molar-refractivity contribution in [2.75, 3.05) is 20.3 Å². The van der Waals surface area contributed by atoms with Crippen LogP contribution in [0, 0.1) is 0 Å². The fourth-order valence-corrected chi connectivity index (χ4v) is 2.55. The van der Waals surface area contributed by atoms with Gasteiger partial charge in [-0.3, -0.25) is 0 Å². The molecule has 0 spiro atoms. The van der Waals surface area contributed by atoms with Gasteiger partial charge in [0.15, 0.2) is 11.5 Å². The molecule has 1 unspecified atom stereocenters. The number of hydrogen-bond donors (Lipinski definition) is 1. The van der Waals surface area contributed by atoms with Crippen molar-refractivity contribution in [3.8, 4) is 11.5 Å². The molecule has 0 aliphatic carbocycles. The fourth-order valence-electron chi connectivity index (χ4n) is 2.55. The van der Waals surface area contributed by atoms with Crippen LogP contribution in [0.5, 0.6) is 11.5 Å². The Labute approximate surface area is 109 Å². The summed E-state index contributed by atoms with van der Waals surface area (Å²) in [6.45, 7) is 3.82. The van der Waals surface area contributed by atoms with Crippen LogP contribution in [0.3, 0.4) is 0 Å². The Kier molecular flexibility index (Phi) is 4.88. The van der Waals surface area contributed by atoms with Crippen molar-refractivity contribution < 1.29 is 9.47 Å². The van der Waals surface area contributed by atoms with Crippen molar-refractivity contribution >= 4 is 0 Å². The molecule has 18 heavy (non-hydrogen) atoms. The zero-order valence-electron chi connectivity index (χ0n) is 11.4. The second kappa shape index (κ2) is 6.64. The van der Waals surface area contributed by atoms with Gasteiger partial charge in [0.05, 0.1) is 13.7 Å². The van der Waals surface area contributed by atoms with Crippen molar-refractivity contribution in [1.29, 1.82) is 0 Å². The molecule has 1 saturated heterocycles. The Morgan fingerprint density at radius 1 is 1.33 bits per heavy atom. The number of rotatable bonds is 5. The fraction of sp³-hybridized carbons (Fsp3) is 0.600. The van der Waals surface area contributed by atoms with Crippen molar-refractivity contribution in [2.24, 2.45) is 0 Å². The smallest absolute Gasteiger partial charge is 0.164 e. The molecule has 0 amide bonds. The van der Waals surface area contributed by atoms with E-state index in [0.29, 0.717) is 12.6 Å². The minimum absolute atomic E-state index is 0.574. The predicted molar refractivity (Wildman–Crippen MR) is 73.5 cm³/mol. The minimum atomic E-state index is 0.574. The lowest BCUT2D eigenvalue weighted by molar-refractivity contribution is 0.304. The van der Waals surface area contributed by atoms with Gasteiger partial charge in [0.2, 0.25) is 0 Å². The van der Waals surface area contributed by atoms with E-state index in [0.717, 1.165) is 24.5 Å². The largest absolute Gasteiger partial charge is 0.493 e. The summed E-state index contributed by atoms with van der Waals surface area (Å²) in [5.41, 5.74) is 1.25. The molecular formula is C15H23NO2. The molecule has 1 atom stereocenters. The van der Waals surface area contributed by atoms with E-state index in [4.69, 9.17) is 9.47 Å². The third-order valence-corrected chi connectivity index (χ3v) is 3.45. The minimum Gasteiger partial charge on any atom is -0.493 e. The number of piperidine rings is 1. The lowest BCUT2D eigenvalue weighted by Crippen LogP contribution is -2.35. The molecule has 0 bridgehead atoms. The Morgan fingerprint density at radius 3 is 2.89 bits per heavy atom. The van der Waals surface area contributed by atoms with E-state index in [1.807, 2.05) is 19.1 Å². The lowest BCUT2D eigenvalue weighted by Gasteiger charge is -2.24. The summed E-state index contributed by atoms with van der Waals surface area (Å²) < 4.78 is 11.1. The first kappa shape index (κ1) is 13.2. The first-order valence-corrected chi connectivity index (χ1v) is 6.87. The third-order valence-electron chi connectivity index (χ3n) is 3.45. The number of methoxy groups -OCH3 is 1. The molecule has 1 N–H and O–H groups in total. The summed E-state index contributed by atoms with van der Waals surface area (Å²) in [6.07, 6.45) is 4.90. The third kappa shape index (κ3) is 3.16. The molecule has 0 aromatic heterocycles. The van der Waals surface area contributed by atoms with Crippen LogP contribution in [0.4, 0.5) is 0 Å². The number of benzene rings is 1. The van der Waals surface area contributed by atoms with Gasteiger partial charge >= 0.3 is 0 Å². The van der Waals surface area contributed by atoms with Crippen LogP contribution in [0.2, 0.25) is 0 Å². The van der Waals surface area contributed by atoms with Crippen molar-refractivity contribution in [3.05, 3.63) is 23.8 Å². The van der Waals surface area contributed by atoms with Gasteiger partial charge in [-0.2, -0.15) is 0 Å². The molecule has 3 nitrogen and oxygen atoms in total. The predicted octanol–water partition coefficient (Wildman–Crippen LogP) is 2.78. The average Bonchev–Trinajstić information content (AvgIpc) is 2.42. The summed E-state index contributed by atoms with van der Waals surface area (Å²) in [7, 11) is 1.69. The molecule has 100 valence electrons. The van der Waals surface area contributed by atoms with E-state index in [1.165, 1.54) is 24.8 Å². The van der Waals surface area contributed by atoms with Crippen molar-refractivity contribution in [2.45, 2.75) is 38.6 Å². The van der Waals surface area contributed by atoms with E-state index in [1.54, 1.807) is 7.11 Å².